The second-order valence-corrected chi connectivity index (χ2v) is 7.10. The van der Waals surface area contributed by atoms with Crippen molar-refractivity contribution < 1.29 is 4.79 Å². The molecule has 0 aliphatic carbocycles. The van der Waals surface area contributed by atoms with Crippen molar-refractivity contribution in [3.05, 3.63) is 99.5 Å². The summed E-state index contributed by atoms with van der Waals surface area (Å²) in [5, 5.41) is 2.83. The average molecular weight is 374 g/mol. The van der Waals surface area contributed by atoms with Gasteiger partial charge in [-0.3, -0.25) is 9.59 Å². The van der Waals surface area contributed by atoms with Crippen molar-refractivity contribution in [3.63, 3.8) is 0 Å². The molecular formula is C24H26N2O2. The normalized spacial score (nSPS) is 10.6. The van der Waals surface area contributed by atoms with E-state index < -0.39 is 0 Å². The van der Waals surface area contributed by atoms with Crippen LogP contribution in [0.25, 0.3) is 0 Å². The molecular weight excluding hydrogens is 348 g/mol. The van der Waals surface area contributed by atoms with Crippen LogP contribution in [-0.4, -0.2) is 10.5 Å². The maximum atomic E-state index is 12.7. The van der Waals surface area contributed by atoms with E-state index in [0.717, 1.165) is 24.8 Å². The third-order valence-corrected chi connectivity index (χ3v) is 4.77. The number of carbonyl (C=O) groups excluding carboxylic acids is 1. The van der Waals surface area contributed by atoms with Gasteiger partial charge < -0.3 is 9.88 Å². The second-order valence-electron chi connectivity index (χ2n) is 7.10. The summed E-state index contributed by atoms with van der Waals surface area (Å²) in [6, 6.07) is 19.1. The predicted molar refractivity (Wildman–Crippen MR) is 114 cm³/mol. The molecule has 0 spiro atoms. The maximum Gasteiger partial charge on any atom is 0.263 e. The van der Waals surface area contributed by atoms with Crippen molar-refractivity contribution in [3.8, 4) is 0 Å². The van der Waals surface area contributed by atoms with E-state index in [1.807, 2.05) is 55.5 Å². The summed E-state index contributed by atoms with van der Waals surface area (Å²) in [5.41, 5.74) is 3.99. The van der Waals surface area contributed by atoms with Crippen LogP contribution in [0.4, 0.5) is 5.69 Å². The summed E-state index contributed by atoms with van der Waals surface area (Å²) in [6.07, 6.45) is 5.05. The molecule has 3 aromatic rings. The van der Waals surface area contributed by atoms with Gasteiger partial charge in [0.15, 0.2) is 0 Å². The number of pyridine rings is 1. The van der Waals surface area contributed by atoms with Crippen LogP contribution in [0.5, 0.6) is 0 Å². The zero-order valence-electron chi connectivity index (χ0n) is 16.4. The van der Waals surface area contributed by atoms with Gasteiger partial charge >= 0.3 is 0 Å². The van der Waals surface area contributed by atoms with Crippen molar-refractivity contribution in [2.24, 2.45) is 0 Å². The summed E-state index contributed by atoms with van der Waals surface area (Å²) in [7, 11) is 0. The summed E-state index contributed by atoms with van der Waals surface area (Å²) in [5.74, 6) is -0.385. The van der Waals surface area contributed by atoms with Crippen molar-refractivity contribution >= 4 is 11.6 Å². The SMILES string of the molecule is CCCCc1ccc(NC(=O)c2cccn(Cc3ccc(C)cc3)c2=O)cc1. The van der Waals surface area contributed by atoms with E-state index in [1.54, 1.807) is 22.9 Å². The first-order valence-electron chi connectivity index (χ1n) is 9.72. The first kappa shape index (κ1) is 19.6. The van der Waals surface area contributed by atoms with Gasteiger partial charge in [-0.25, -0.2) is 0 Å². The fourth-order valence-electron chi connectivity index (χ4n) is 3.06. The van der Waals surface area contributed by atoms with Crippen LogP contribution in [0.3, 0.4) is 0 Å². The summed E-state index contributed by atoms with van der Waals surface area (Å²) in [6.45, 7) is 4.63. The number of hydrogen-bond acceptors (Lipinski definition) is 2. The van der Waals surface area contributed by atoms with Crippen molar-refractivity contribution in [1.82, 2.24) is 4.57 Å². The number of aryl methyl sites for hydroxylation is 2. The molecule has 2 aromatic carbocycles. The number of hydrogen-bond donors (Lipinski definition) is 1. The minimum Gasteiger partial charge on any atom is -0.322 e. The number of unbranched alkanes of at least 4 members (excludes halogenated alkanes) is 1. The fourth-order valence-corrected chi connectivity index (χ4v) is 3.06. The highest BCUT2D eigenvalue weighted by Gasteiger charge is 2.12. The van der Waals surface area contributed by atoms with Crippen LogP contribution >= 0.6 is 0 Å². The Labute approximate surface area is 165 Å². The number of amides is 1. The molecule has 0 radical (unpaired) electrons. The molecule has 0 saturated carbocycles. The molecule has 1 amide bonds. The zero-order valence-corrected chi connectivity index (χ0v) is 16.4. The molecule has 0 bridgehead atoms. The number of rotatable bonds is 7. The molecule has 0 aliphatic rings. The fraction of sp³-hybridized carbons (Fsp3) is 0.250. The Kier molecular flexibility index (Phi) is 6.43. The summed E-state index contributed by atoms with van der Waals surface area (Å²) >= 11 is 0. The van der Waals surface area contributed by atoms with Gasteiger partial charge in [0.25, 0.3) is 11.5 Å². The Morgan fingerprint density at radius 1 is 0.964 bits per heavy atom. The Hall–Kier alpha value is -3.14. The van der Waals surface area contributed by atoms with E-state index in [-0.39, 0.29) is 17.0 Å². The lowest BCUT2D eigenvalue weighted by molar-refractivity contribution is 0.102. The third-order valence-electron chi connectivity index (χ3n) is 4.77. The van der Waals surface area contributed by atoms with Gasteiger partial charge in [0, 0.05) is 11.9 Å². The number of nitrogens with zero attached hydrogens (tertiary/aromatic N) is 1. The van der Waals surface area contributed by atoms with Gasteiger partial charge in [0.2, 0.25) is 0 Å². The second kappa shape index (κ2) is 9.18. The van der Waals surface area contributed by atoms with Crippen LogP contribution < -0.4 is 10.9 Å². The number of nitrogens with one attached hydrogen (secondary N) is 1. The van der Waals surface area contributed by atoms with Crippen LogP contribution in [0, 0.1) is 6.92 Å². The summed E-state index contributed by atoms with van der Waals surface area (Å²) < 4.78 is 1.56. The van der Waals surface area contributed by atoms with Gasteiger partial charge in [-0.15, -0.1) is 0 Å². The minimum absolute atomic E-state index is 0.143. The lowest BCUT2D eigenvalue weighted by atomic mass is 10.1. The number of benzene rings is 2. The van der Waals surface area contributed by atoms with Gasteiger partial charge in [0.05, 0.1) is 6.54 Å². The van der Waals surface area contributed by atoms with Crippen molar-refractivity contribution in [1.29, 1.82) is 0 Å². The van der Waals surface area contributed by atoms with E-state index in [1.165, 1.54) is 11.1 Å². The van der Waals surface area contributed by atoms with Crippen LogP contribution in [0.2, 0.25) is 0 Å². The Morgan fingerprint density at radius 2 is 1.64 bits per heavy atom. The third kappa shape index (κ3) is 4.97. The number of aromatic nitrogens is 1. The largest absolute Gasteiger partial charge is 0.322 e. The van der Waals surface area contributed by atoms with Crippen molar-refractivity contribution in [2.45, 2.75) is 39.7 Å². The Bertz CT molecular complexity index is 986. The molecule has 1 heterocycles. The average Bonchev–Trinajstić information content (AvgIpc) is 2.70. The quantitative estimate of drug-likeness (QED) is 0.646. The molecule has 4 nitrogen and oxygen atoms in total. The summed E-state index contributed by atoms with van der Waals surface area (Å²) in [4.78, 5) is 25.4. The highest BCUT2D eigenvalue weighted by Crippen LogP contribution is 2.13. The topological polar surface area (TPSA) is 51.1 Å². The van der Waals surface area contributed by atoms with E-state index >= 15 is 0 Å². The smallest absolute Gasteiger partial charge is 0.263 e. The molecule has 0 aliphatic heterocycles. The number of anilines is 1. The van der Waals surface area contributed by atoms with Crippen molar-refractivity contribution in [2.75, 3.05) is 5.32 Å². The molecule has 3 rings (SSSR count). The maximum absolute atomic E-state index is 12.7. The van der Waals surface area contributed by atoms with Crippen LogP contribution in [-0.2, 0) is 13.0 Å². The first-order chi connectivity index (χ1) is 13.6. The molecule has 0 fully saturated rings. The lowest BCUT2D eigenvalue weighted by Gasteiger charge is -2.10. The van der Waals surface area contributed by atoms with Gasteiger partial charge in [0.1, 0.15) is 5.56 Å². The highest BCUT2D eigenvalue weighted by molar-refractivity contribution is 6.03. The first-order valence-corrected chi connectivity index (χ1v) is 9.72. The molecule has 0 atom stereocenters. The van der Waals surface area contributed by atoms with Gasteiger partial charge in [-0.05, 0) is 55.2 Å². The lowest BCUT2D eigenvalue weighted by Crippen LogP contribution is -2.29. The molecule has 4 heteroatoms. The van der Waals surface area contributed by atoms with E-state index in [9.17, 15) is 9.59 Å². The highest BCUT2D eigenvalue weighted by atomic mass is 16.2. The Balaban J connectivity index is 1.73. The molecule has 1 aromatic heterocycles. The van der Waals surface area contributed by atoms with E-state index in [4.69, 9.17) is 0 Å². The monoisotopic (exact) mass is 374 g/mol. The molecule has 0 saturated heterocycles. The van der Waals surface area contributed by atoms with Gasteiger partial charge in [-0.1, -0.05) is 55.3 Å². The molecule has 144 valence electrons. The Morgan fingerprint density at radius 3 is 2.32 bits per heavy atom. The van der Waals surface area contributed by atoms with E-state index in [0.29, 0.717) is 12.2 Å². The predicted octanol–water partition coefficient (Wildman–Crippen LogP) is 4.80. The van der Waals surface area contributed by atoms with Crippen LogP contribution in [0.15, 0.2) is 71.7 Å². The number of carbonyl (C=O) groups is 1. The standard InChI is InChI=1S/C24H26N2O2/c1-3-4-6-19-12-14-21(15-13-19)25-23(27)22-7-5-16-26(24(22)28)17-20-10-8-18(2)9-11-20/h5,7-16H,3-4,6,17H2,1-2H3,(H,25,27). The molecule has 0 unspecified atom stereocenters. The molecule has 1 N–H and O–H groups in total. The van der Waals surface area contributed by atoms with E-state index in [2.05, 4.69) is 12.2 Å². The molecule has 28 heavy (non-hydrogen) atoms. The van der Waals surface area contributed by atoms with Crippen LogP contribution in [0.1, 0.15) is 46.8 Å². The minimum atomic E-state index is -0.385. The van der Waals surface area contributed by atoms with Gasteiger partial charge in [-0.2, -0.15) is 0 Å². The zero-order chi connectivity index (χ0) is 19.9.